The fraction of sp³-hybridized carbons (Fsp3) is 0.0833. The Labute approximate surface area is 196 Å². The van der Waals surface area contributed by atoms with Crippen LogP contribution in [0.4, 0.5) is 11.4 Å². The lowest BCUT2D eigenvalue weighted by Crippen LogP contribution is -2.11. The van der Waals surface area contributed by atoms with Gasteiger partial charge in [0.05, 0.1) is 27.9 Å². The summed E-state index contributed by atoms with van der Waals surface area (Å²) in [5, 5.41) is 22.6. The van der Waals surface area contributed by atoms with Crippen LogP contribution in [0.5, 0.6) is 11.5 Å². The summed E-state index contributed by atoms with van der Waals surface area (Å²) >= 11 is 0. The minimum atomic E-state index is -1.06. The first-order chi connectivity index (χ1) is 16.7. The van der Waals surface area contributed by atoms with E-state index in [-0.39, 0.29) is 27.8 Å². The fourth-order valence-electron chi connectivity index (χ4n) is 3.44. The number of hydrogen-bond donors (Lipinski definition) is 0. The summed E-state index contributed by atoms with van der Waals surface area (Å²) in [6.07, 6.45) is 0. The summed E-state index contributed by atoms with van der Waals surface area (Å²) < 4.78 is 16.2. The molecule has 1 heterocycles. The normalized spacial score (nSPS) is 10.7. The third-order valence-corrected chi connectivity index (χ3v) is 5.27. The molecule has 11 nitrogen and oxygen atoms in total. The molecule has 0 atom stereocenters. The molecule has 4 rings (SSSR count). The molecule has 0 amide bonds. The lowest BCUT2D eigenvalue weighted by atomic mass is 10.1. The molecule has 11 heteroatoms. The zero-order valence-electron chi connectivity index (χ0n) is 18.3. The van der Waals surface area contributed by atoms with E-state index in [1.54, 1.807) is 24.3 Å². The molecule has 0 N–H and O–H groups in total. The van der Waals surface area contributed by atoms with Crippen molar-refractivity contribution >= 4 is 28.3 Å². The van der Waals surface area contributed by atoms with Crippen LogP contribution in [-0.2, 0) is 0 Å². The number of carbonyl (C=O) groups is 1. The third kappa shape index (κ3) is 4.55. The Morgan fingerprint density at radius 2 is 1.49 bits per heavy atom. The minimum Gasteiger partial charge on any atom is -0.497 e. The Hall–Kier alpha value is -5.06. The van der Waals surface area contributed by atoms with Gasteiger partial charge in [-0.25, -0.2) is 4.79 Å². The predicted molar refractivity (Wildman–Crippen MR) is 124 cm³/mol. The van der Waals surface area contributed by atoms with E-state index in [1.807, 2.05) is 0 Å². The maximum absolute atomic E-state index is 12.7. The Bertz CT molecular complexity index is 1520. The Morgan fingerprint density at radius 1 is 0.886 bits per heavy atom. The van der Waals surface area contributed by atoms with Crippen molar-refractivity contribution < 1.29 is 28.5 Å². The second-order valence-electron chi connectivity index (χ2n) is 7.40. The molecular formula is C24H16N2O9. The first kappa shape index (κ1) is 23.1. The number of carbonyl (C=O) groups excluding carboxylic acids is 1. The SMILES string of the molecule is COc1ccc(-c2cc(=O)c3cc(OC(=O)c4cc([N+](=O)[O-])c(C)c([N+](=O)[O-])c4)ccc3o2)cc1. The van der Waals surface area contributed by atoms with Gasteiger partial charge in [0.15, 0.2) is 5.43 Å². The zero-order chi connectivity index (χ0) is 25.3. The van der Waals surface area contributed by atoms with E-state index in [0.29, 0.717) is 17.1 Å². The van der Waals surface area contributed by atoms with Crippen molar-refractivity contribution in [2.24, 2.45) is 0 Å². The standard InChI is InChI=1S/C24H16N2O9/c1-13-19(25(29)30)9-15(10-20(13)26(31)32)24(28)34-17-7-8-22-18(11-17)21(27)12-23(35-22)14-3-5-16(33-2)6-4-14/h3-12H,1-2H3. The van der Waals surface area contributed by atoms with E-state index in [0.717, 1.165) is 12.1 Å². The van der Waals surface area contributed by atoms with Gasteiger partial charge < -0.3 is 13.9 Å². The predicted octanol–water partition coefficient (Wildman–Crippen LogP) is 4.81. The van der Waals surface area contributed by atoms with Crippen LogP contribution in [0, 0.1) is 27.2 Å². The molecule has 35 heavy (non-hydrogen) atoms. The van der Waals surface area contributed by atoms with Gasteiger partial charge in [0, 0.05) is 23.8 Å². The molecular weight excluding hydrogens is 460 g/mol. The van der Waals surface area contributed by atoms with E-state index < -0.39 is 32.6 Å². The zero-order valence-corrected chi connectivity index (χ0v) is 18.3. The maximum atomic E-state index is 12.7. The lowest BCUT2D eigenvalue weighted by Gasteiger charge is -2.08. The van der Waals surface area contributed by atoms with Crippen LogP contribution in [0.2, 0.25) is 0 Å². The van der Waals surface area contributed by atoms with Crippen LogP contribution in [0.25, 0.3) is 22.3 Å². The van der Waals surface area contributed by atoms with Gasteiger partial charge in [-0.05, 0) is 49.4 Å². The van der Waals surface area contributed by atoms with Crippen LogP contribution < -0.4 is 14.9 Å². The second kappa shape index (κ2) is 9.06. The van der Waals surface area contributed by atoms with E-state index in [4.69, 9.17) is 13.9 Å². The number of rotatable bonds is 6. The van der Waals surface area contributed by atoms with Gasteiger partial charge in [0.2, 0.25) is 0 Å². The Balaban J connectivity index is 1.67. The summed E-state index contributed by atoms with van der Waals surface area (Å²) in [6.45, 7) is 1.22. The molecule has 1 aromatic heterocycles. The average Bonchev–Trinajstić information content (AvgIpc) is 2.84. The number of nitro benzene ring substituents is 2. The van der Waals surface area contributed by atoms with Crippen LogP contribution in [0.1, 0.15) is 15.9 Å². The maximum Gasteiger partial charge on any atom is 0.344 e. The van der Waals surface area contributed by atoms with Crippen molar-refractivity contribution in [1.29, 1.82) is 0 Å². The van der Waals surface area contributed by atoms with Gasteiger partial charge in [-0.3, -0.25) is 25.0 Å². The van der Waals surface area contributed by atoms with Crippen molar-refractivity contribution in [2.75, 3.05) is 7.11 Å². The molecule has 3 aromatic carbocycles. The van der Waals surface area contributed by atoms with Gasteiger partial charge in [-0.1, -0.05) is 0 Å². The smallest absolute Gasteiger partial charge is 0.344 e. The van der Waals surface area contributed by atoms with Crippen molar-refractivity contribution in [3.05, 3.63) is 102 Å². The number of nitrogens with zero attached hydrogens (tertiary/aromatic N) is 2. The number of ether oxygens (including phenoxy) is 2. The third-order valence-electron chi connectivity index (χ3n) is 5.27. The summed E-state index contributed by atoms with van der Waals surface area (Å²) in [7, 11) is 1.54. The molecule has 0 unspecified atom stereocenters. The van der Waals surface area contributed by atoms with Crippen molar-refractivity contribution in [3.8, 4) is 22.8 Å². The molecule has 0 aliphatic heterocycles. The number of hydrogen-bond acceptors (Lipinski definition) is 9. The second-order valence-corrected chi connectivity index (χ2v) is 7.40. The first-order valence-electron chi connectivity index (χ1n) is 10.1. The lowest BCUT2D eigenvalue weighted by molar-refractivity contribution is -0.395. The van der Waals surface area contributed by atoms with E-state index in [2.05, 4.69) is 0 Å². The average molecular weight is 476 g/mol. The highest BCUT2D eigenvalue weighted by Crippen LogP contribution is 2.31. The van der Waals surface area contributed by atoms with Crippen LogP contribution in [-0.4, -0.2) is 22.9 Å². The number of benzene rings is 3. The van der Waals surface area contributed by atoms with Crippen molar-refractivity contribution in [3.63, 3.8) is 0 Å². The highest BCUT2D eigenvalue weighted by atomic mass is 16.6. The molecule has 0 bridgehead atoms. The summed E-state index contributed by atoms with van der Waals surface area (Å²) in [4.78, 5) is 46.2. The van der Waals surface area contributed by atoms with Gasteiger partial charge in [0.25, 0.3) is 11.4 Å². The molecule has 0 radical (unpaired) electrons. The van der Waals surface area contributed by atoms with Crippen LogP contribution in [0.3, 0.4) is 0 Å². The monoisotopic (exact) mass is 476 g/mol. The molecule has 0 aliphatic carbocycles. The quantitative estimate of drug-likeness (QED) is 0.165. The first-order valence-corrected chi connectivity index (χ1v) is 10.1. The summed E-state index contributed by atoms with van der Waals surface area (Å²) in [6, 6.07) is 14.1. The molecule has 0 spiro atoms. The molecule has 0 fully saturated rings. The number of esters is 1. The molecule has 0 aliphatic rings. The van der Waals surface area contributed by atoms with E-state index >= 15 is 0 Å². The van der Waals surface area contributed by atoms with Gasteiger partial charge in [0.1, 0.15) is 28.4 Å². The number of fused-ring (bicyclic) bond motifs is 1. The molecule has 0 saturated carbocycles. The Morgan fingerprint density at radius 3 is 2.06 bits per heavy atom. The van der Waals surface area contributed by atoms with Crippen LogP contribution in [0.15, 0.2) is 69.9 Å². The molecule has 176 valence electrons. The van der Waals surface area contributed by atoms with Crippen molar-refractivity contribution in [1.82, 2.24) is 0 Å². The largest absolute Gasteiger partial charge is 0.497 e. The highest BCUT2D eigenvalue weighted by Gasteiger charge is 2.26. The van der Waals surface area contributed by atoms with Gasteiger partial charge in [-0.15, -0.1) is 0 Å². The Kier molecular flexibility index (Phi) is 5.98. The fourth-order valence-corrected chi connectivity index (χ4v) is 3.44. The number of nitro groups is 2. The van der Waals surface area contributed by atoms with E-state index in [1.165, 1.54) is 38.3 Å². The summed E-state index contributed by atoms with van der Waals surface area (Å²) in [5.74, 6) is -0.130. The van der Waals surface area contributed by atoms with Crippen LogP contribution >= 0.6 is 0 Å². The minimum absolute atomic E-state index is 0.0436. The topological polar surface area (TPSA) is 152 Å². The van der Waals surface area contributed by atoms with E-state index in [9.17, 15) is 29.8 Å². The molecule has 0 saturated heterocycles. The number of methoxy groups -OCH3 is 1. The summed E-state index contributed by atoms with van der Waals surface area (Å²) in [5.41, 5.74) is -1.24. The molecule has 4 aromatic rings. The van der Waals surface area contributed by atoms with Gasteiger partial charge >= 0.3 is 5.97 Å². The van der Waals surface area contributed by atoms with Crippen molar-refractivity contribution in [2.45, 2.75) is 6.92 Å². The van der Waals surface area contributed by atoms with Gasteiger partial charge in [-0.2, -0.15) is 0 Å². The highest BCUT2D eigenvalue weighted by molar-refractivity contribution is 5.93.